The highest BCUT2D eigenvalue weighted by Gasteiger charge is 2.16. The summed E-state index contributed by atoms with van der Waals surface area (Å²) in [6.45, 7) is 1.95. The largest absolute Gasteiger partial charge is 0.383 e. The molecule has 0 aliphatic heterocycles. The highest BCUT2D eigenvalue weighted by atomic mass is 16.2. The Hall–Kier alpha value is -2.51. The summed E-state index contributed by atoms with van der Waals surface area (Å²) in [5, 5.41) is 3.01. The van der Waals surface area contributed by atoms with E-state index in [1.807, 2.05) is 6.92 Å². The van der Waals surface area contributed by atoms with Gasteiger partial charge in [0.1, 0.15) is 17.3 Å². The van der Waals surface area contributed by atoms with E-state index >= 15 is 0 Å². The molecule has 0 spiro atoms. The molecule has 0 amide bonds. The van der Waals surface area contributed by atoms with E-state index in [0.717, 1.165) is 0 Å². The van der Waals surface area contributed by atoms with Crippen molar-refractivity contribution in [3.8, 4) is 0 Å². The molecule has 0 radical (unpaired) electrons. The number of H-pyrrole nitrogens is 2. The van der Waals surface area contributed by atoms with Crippen LogP contribution in [0.4, 0.5) is 11.5 Å². The standard InChI is InChI=1S/C11H16N6O2/c1-3-6(9-13-4-5-14-9)15-7-8(12)17(2)11(19)16-10(7)18/h4-6,15H,3,12H2,1-2H3,(H,13,14)(H,16,18,19). The molecule has 0 saturated heterocycles. The zero-order valence-electron chi connectivity index (χ0n) is 10.7. The van der Waals surface area contributed by atoms with E-state index in [1.165, 1.54) is 11.6 Å². The Labute approximate surface area is 108 Å². The summed E-state index contributed by atoms with van der Waals surface area (Å²) in [6, 6.07) is -0.184. The van der Waals surface area contributed by atoms with Gasteiger partial charge in [-0.05, 0) is 6.42 Å². The lowest BCUT2D eigenvalue weighted by molar-refractivity contribution is 0.698. The molecule has 19 heavy (non-hydrogen) atoms. The average molecular weight is 264 g/mol. The van der Waals surface area contributed by atoms with Crippen LogP contribution in [-0.4, -0.2) is 19.5 Å². The van der Waals surface area contributed by atoms with Crippen LogP contribution in [0.1, 0.15) is 25.2 Å². The third-order valence-electron chi connectivity index (χ3n) is 2.95. The third-order valence-corrected chi connectivity index (χ3v) is 2.95. The lowest BCUT2D eigenvalue weighted by atomic mass is 10.2. The Morgan fingerprint density at radius 1 is 1.53 bits per heavy atom. The molecule has 0 aliphatic carbocycles. The maximum Gasteiger partial charge on any atom is 0.329 e. The summed E-state index contributed by atoms with van der Waals surface area (Å²) in [7, 11) is 1.49. The molecule has 2 heterocycles. The van der Waals surface area contributed by atoms with E-state index < -0.39 is 11.2 Å². The molecule has 2 aromatic rings. The number of hydrogen-bond acceptors (Lipinski definition) is 5. The van der Waals surface area contributed by atoms with Crippen molar-refractivity contribution in [2.45, 2.75) is 19.4 Å². The summed E-state index contributed by atoms with van der Waals surface area (Å²) in [4.78, 5) is 32.5. The van der Waals surface area contributed by atoms with E-state index in [2.05, 4.69) is 20.3 Å². The Kier molecular flexibility index (Phi) is 3.41. The first-order valence-corrected chi connectivity index (χ1v) is 5.89. The highest BCUT2D eigenvalue weighted by molar-refractivity contribution is 5.60. The minimum atomic E-state index is -0.543. The number of nitrogen functional groups attached to an aromatic ring is 1. The molecule has 0 saturated carbocycles. The normalized spacial score (nSPS) is 12.3. The van der Waals surface area contributed by atoms with Crippen LogP contribution in [0.5, 0.6) is 0 Å². The quantitative estimate of drug-likeness (QED) is 0.616. The van der Waals surface area contributed by atoms with Gasteiger partial charge in [0.05, 0.1) is 6.04 Å². The first-order valence-electron chi connectivity index (χ1n) is 5.89. The third kappa shape index (κ3) is 2.37. The Balaban J connectivity index is 2.41. The van der Waals surface area contributed by atoms with Crippen LogP contribution >= 0.6 is 0 Å². The van der Waals surface area contributed by atoms with Gasteiger partial charge in [-0.3, -0.25) is 14.3 Å². The molecule has 5 N–H and O–H groups in total. The molecule has 0 aliphatic rings. The van der Waals surface area contributed by atoms with Gasteiger partial charge in [-0.15, -0.1) is 0 Å². The number of anilines is 2. The molecular weight excluding hydrogens is 248 g/mol. The number of nitrogens with two attached hydrogens (primary N) is 1. The lowest BCUT2D eigenvalue weighted by Crippen LogP contribution is -2.33. The maximum absolute atomic E-state index is 11.8. The Morgan fingerprint density at radius 3 is 2.84 bits per heavy atom. The van der Waals surface area contributed by atoms with E-state index in [0.29, 0.717) is 12.2 Å². The summed E-state index contributed by atoms with van der Waals surface area (Å²) >= 11 is 0. The molecule has 0 fully saturated rings. The molecule has 0 aromatic carbocycles. The maximum atomic E-state index is 11.8. The van der Waals surface area contributed by atoms with Crippen molar-refractivity contribution < 1.29 is 0 Å². The van der Waals surface area contributed by atoms with Crippen LogP contribution in [0, 0.1) is 0 Å². The van der Waals surface area contributed by atoms with Crippen LogP contribution in [0.15, 0.2) is 22.0 Å². The van der Waals surface area contributed by atoms with E-state index in [-0.39, 0.29) is 17.5 Å². The summed E-state index contributed by atoms with van der Waals surface area (Å²) in [6.07, 6.45) is 4.04. The monoisotopic (exact) mass is 264 g/mol. The van der Waals surface area contributed by atoms with Gasteiger partial charge in [0.15, 0.2) is 0 Å². The predicted octanol–water partition coefficient (Wildman–Crippen LogP) is -0.0579. The zero-order chi connectivity index (χ0) is 14.0. The van der Waals surface area contributed by atoms with Crippen LogP contribution in [0.3, 0.4) is 0 Å². The number of aromatic amines is 2. The summed E-state index contributed by atoms with van der Waals surface area (Å²) in [5.41, 5.74) is 4.88. The van der Waals surface area contributed by atoms with E-state index in [4.69, 9.17) is 5.73 Å². The number of nitrogens with zero attached hydrogens (tertiary/aromatic N) is 2. The van der Waals surface area contributed by atoms with Gasteiger partial charge in [0.2, 0.25) is 0 Å². The second kappa shape index (κ2) is 5.01. The lowest BCUT2D eigenvalue weighted by Gasteiger charge is -2.17. The van der Waals surface area contributed by atoms with Crippen molar-refractivity contribution >= 4 is 11.5 Å². The fraction of sp³-hybridized carbons (Fsp3) is 0.364. The van der Waals surface area contributed by atoms with Crippen molar-refractivity contribution in [1.82, 2.24) is 19.5 Å². The second-order valence-corrected chi connectivity index (χ2v) is 4.16. The van der Waals surface area contributed by atoms with Gasteiger partial charge < -0.3 is 16.0 Å². The minimum Gasteiger partial charge on any atom is -0.383 e. The molecule has 1 unspecified atom stereocenters. The van der Waals surface area contributed by atoms with E-state index in [1.54, 1.807) is 12.4 Å². The van der Waals surface area contributed by atoms with Crippen molar-refractivity contribution in [1.29, 1.82) is 0 Å². The number of rotatable bonds is 4. The van der Waals surface area contributed by atoms with Crippen LogP contribution in [0.2, 0.25) is 0 Å². The molecule has 8 nitrogen and oxygen atoms in total. The molecule has 2 aromatic heterocycles. The fourth-order valence-electron chi connectivity index (χ4n) is 1.78. The van der Waals surface area contributed by atoms with Gasteiger partial charge in [-0.25, -0.2) is 9.78 Å². The fourth-order valence-corrected chi connectivity index (χ4v) is 1.78. The number of nitrogens with one attached hydrogen (secondary N) is 3. The number of aromatic nitrogens is 4. The average Bonchev–Trinajstić information content (AvgIpc) is 2.90. The molecule has 0 bridgehead atoms. The zero-order valence-corrected chi connectivity index (χ0v) is 10.7. The van der Waals surface area contributed by atoms with Gasteiger partial charge in [0.25, 0.3) is 5.56 Å². The molecule has 1 atom stereocenters. The van der Waals surface area contributed by atoms with Crippen LogP contribution < -0.4 is 22.3 Å². The minimum absolute atomic E-state index is 0.0961. The number of hydrogen-bond donors (Lipinski definition) is 4. The van der Waals surface area contributed by atoms with Crippen LogP contribution in [0.25, 0.3) is 0 Å². The van der Waals surface area contributed by atoms with Gasteiger partial charge >= 0.3 is 5.69 Å². The Bertz CT molecular complexity index is 669. The van der Waals surface area contributed by atoms with Gasteiger partial charge in [0, 0.05) is 19.4 Å². The SMILES string of the molecule is CCC(Nc1c(N)n(C)c(=O)[nH]c1=O)c1ncc[nH]1. The molecule has 102 valence electrons. The first kappa shape index (κ1) is 12.9. The van der Waals surface area contributed by atoms with E-state index in [9.17, 15) is 9.59 Å². The first-order chi connectivity index (χ1) is 9.04. The topological polar surface area (TPSA) is 122 Å². The predicted molar refractivity (Wildman–Crippen MR) is 72.0 cm³/mol. The summed E-state index contributed by atoms with van der Waals surface area (Å²) in [5.74, 6) is 0.800. The van der Waals surface area contributed by atoms with Crippen LogP contribution in [-0.2, 0) is 7.05 Å². The van der Waals surface area contributed by atoms with Crippen molar-refractivity contribution in [3.63, 3.8) is 0 Å². The molecule has 8 heteroatoms. The van der Waals surface area contributed by atoms with Gasteiger partial charge in [-0.1, -0.05) is 6.92 Å². The van der Waals surface area contributed by atoms with Crippen molar-refractivity contribution in [3.05, 3.63) is 39.1 Å². The van der Waals surface area contributed by atoms with Crippen molar-refractivity contribution in [2.75, 3.05) is 11.1 Å². The second-order valence-electron chi connectivity index (χ2n) is 4.16. The molecule has 2 rings (SSSR count). The highest BCUT2D eigenvalue weighted by Crippen LogP contribution is 2.20. The number of imidazole rings is 1. The smallest absolute Gasteiger partial charge is 0.329 e. The molecular formula is C11H16N6O2. The van der Waals surface area contributed by atoms with Gasteiger partial charge in [-0.2, -0.15) is 0 Å². The summed E-state index contributed by atoms with van der Waals surface area (Å²) < 4.78 is 1.18. The Morgan fingerprint density at radius 2 is 2.26 bits per heavy atom. The van der Waals surface area contributed by atoms with Crippen molar-refractivity contribution in [2.24, 2.45) is 7.05 Å².